The van der Waals surface area contributed by atoms with Crippen molar-refractivity contribution < 1.29 is 4.79 Å². The van der Waals surface area contributed by atoms with Crippen molar-refractivity contribution in [2.24, 2.45) is 13.0 Å². The SMILES string of the molecule is Cc1cc(C)n2c(CNC[C@@H]3CC(=O)N(C(C)(C)C)[C@H]3c3cnn(C)c3)cnc2n1. The van der Waals surface area contributed by atoms with Gasteiger partial charge in [-0.05, 0) is 40.7 Å². The van der Waals surface area contributed by atoms with Crippen molar-refractivity contribution in [2.45, 2.75) is 59.2 Å². The fourth-order valence-corrected chi connectivity index (χ4v) is 4.70. The Morgan fingerprint density at radius 3 is 2.67 bits per heavy atom. The predicted molar refractivity (Wildman–Crippen MR) is 115 cm³/mol. The molecular weight excluding hydrogens is 378 g/mol. The molecule has 1 N–H and O–H groups in total. The highest BCUT2D eigenvalue weighted by atomic mass is 16.2. The van der Waals surface area contributed by atoms with Gasteiger partial charge in [0.25, 0.3) is 0 Å². The Hall–Kier alpha value is -2.74. The summed E-state index contributed by atoms with van der Waals surface area (Å²) in [5.74, 6) is 1.11. The van der Waals surface area contributed by atoms with E-state index in [2.05, 4.69) is 58.5 Å². The molecule has 4 rings (SSSR count). The highest BCUT2D eigenvalue weighted by Gasteiger charge is 2.45. The van der Waals surface area contributed by atoms with Crippen LogP contribution in [0.25, 0.3) is 5.78 Å². The fraction of sp³-hybridized carbons (Fsp3) is 0.545. The Labute approximate surface area is 177 Å². The molecule has 3 aromatic heterocycles. The van der Waals surface area contributed by atoms with Crippen molar-refractivity contribution in [2.75, 3.05) is 6.54 Å². The molecule has 0 spiro atoms. The van der Waals surface area contributed by atoms with Crippen LogP contribution in [-0.4, -0.2) is 47.0 Å². The number of nitrogens with one attached hydrogen (secondary N) is 1. The lowest BCUT2D eigenvalue weighted by atomic mass is 9.93. The van der Waals surface area contributed by atoms with E-state index in [-0.39, 0.29) is 23.4 Å². The highest BCUT2D eigenvalue weighted by molar-refractivity contribution is 5.80. The van der Waals surface area contributed by atoms with Crippen LogP contribution in [0, 0.1) is 19.8 Å². The molecule has 4 heterocycles. The van der Waals surface area contributed by atoms with Crippen LogP contribution >= 0.6 is 0 Å². The Morgan fingerprint density at radius 2 is 2.00 bits per heavy atom. The van der Waals surface area contributed by atoms with Crippen LogP contribution in [0.5, 0.6) is 0 Å². The average molecular weight is 410 g/mol. The molecule has 3 aromatic rings. The summed E-state index contributed by atoms with van der Waals surface area (Å²) in [5.41, 5.74) is 4.01. The first-order chi connectivity index (χ1) is 14.1. The lowest BCUT2D eigenvalue weighted by Gasteiger charge is -2.38. The standard InChI is InChI=1S/C22H31N7O/c1-14-7-15(2)28-18(12-24-21(28)26-14)11-23-9-16-8-19(30)29(22(3,4)5)20(16)17-10-25-27(6)13-17/h7,10,12-13,16,20,23H,8-9,11H2,1-6H3/t16-,20+/m0/s1. The van der Waals surface area contributed by atoms with E-state index in [1.807, 2.05) is 37.5 Å². The minimum absolute atomic E-state index is 0.0203. The van der Waals surface area contributed by atoms with Gasteiger partial charge in [0.05, 0.1) is 24.1 Å². The topological polar surface area (TPSA) is 80.4 Å². The maximum atomic E-state index is 12.9. The summed E-state index contributed by atoms with van der Waals surface area (Å²) < 4.78 is 3.89. The summed E-state index contributed by atoms with van der Waals surface area (Å²) >= 11 is 0. The minimum Gasteiger partial charge on any atom is -0.330 e. The van der Waals surface area contributed by atoms with E-state index in [4.69, 9.17) is 0 Å². The second kappa shape index (κ2) is 7.50. The molecule has 0 aromatic carbocycles. The predicted octanol–water partition coefficient (Wildman–Crippen LogP) is 2.56. The number of carbonyl (C=O) groups excluding carboxylic acids is 1. The van der Waals surface area contributed by atoms with Crippen molar-refractivity contribution in [3.8, 4) is 0 Å². The van der Waals surface area contributed by atoms with Gasteiger partial charge in [0.1, 0.15) is 0 Å². The number of fused-ring (bicyclic) bond motifs is 1. The molecular formula is C22H31N7O. The van der Waals surface area contributed by atoms with Gasteiger partial charge in [0.2, 0.25) is 11.7 Å². The second-order valence-corrected chi connectivity index (χ2v) is 9.35. The zero-order valence-corrected chi connectivity index (χ0v) is 18.7. The van der Waals surface area contributed by atoms with Crippen LogP contribution in [0.2, 0.25) is 0 Å². The third kappa shape index (κ3) is 3.71. The lowest BCUT2D eigenvalue weighted by Crippen LogP contribution is -2.44. The van der Waals surface area contributed by atoms with Gasteiger partial charge in [0.15, 0.2) is 0 Å². The number of imidazole rings is 1. The molecule has 0 radical (unpaired) electrons. The Bertz CT molecular complexity index is 1080. The van der Waals surface area contributed by atoms with Gasteiger partial charge in [-0.25, -0.2) is 9.97 Å². The normalized spacial score (nSPS) is 19.9. The highest BCUT2D eigenvalue weighted by Crippen LogP contribution is 2.42. The molecule has 0 saturated carbocycles. The van der Waals surface area contributed by atoms with Gasteiger partial charge in [-0.2, -0.15) is 5.10 Å². The van der Waals surface area contributed by atoms with Gasteiger partial charge in [-0.1, -0.05) is 0 Å². The maximum absolute atomic E-state index is 12.9. The molecule has 0 bridgehead atoms. The molecule has 8 heteroatoms. The van der Waals surface area contributed by atoms with Gasteiger partial charge in [0, 0.05) is 61.2 Å². The van der Waals surface area contributed by atoms with Crippen molar-refractivity contribution in [3.63, 3.8) is 0 Å². The van der Waals surface area contributed by atoms with Gasteiger partial charge >= 0.3 is 0 Å². The molecule has 1 saturated heterocycles. The Balaban J connectivity index is 1.53. The number of aryl methyl sites for hydroxylation is 3. The minimum atomic E-state index is -0.241. The van der Waals surface area contributed by atoms with Crippen LogP contribution in [0.3, 0.4) is 0 Å². The number of carbonyl (C=O) groups is 1. The average Bonchev–Trinajstić information content (AvgIpc) is 3.31. The van der Waals surface area contributed by atoms with E-state index < -0.39 is 0 Å². The zero-order chi connectivity index (χ0) is 21.6. The number of aromatic nitrogens is 5. The van der Waals surface area contributed by atoms with E-state index in [1.165, 1.54) is 0 Å². The number of hydrogen-bond acceptors (Lipinski definition) is 5. The molecule has 2 atom stereocenters. The molecule has 8 nitrogen and oxygen atoms in total. The van der Waals surface area contributed by atoms with E-state index >= 15 is 0 Å². The number of nitrogens with zero attached hydrogens (tertiary/aromatic N) is 6. The first kappa shape index (κ1) is 20.5. The van der Waals surface area contributed by atoms with Crippen LogP contribution < -0.4 is 5.32 Å². The van der Waals surface area contributed by atoms with E-state index in [1.54, 1.807) is 4.68 Å². The third-order valence-corrected chi connectivity index (χ3v) is 5.80. The van der Waals surface area contributed by atoms with Crippen LogP contribution in [0.15, 0.2) is 24.7 Å². The van der Waals surface area contributed by atoms with Crippen molar-refractivity contribution in [1.29, 1.82) is 0 Å². The number of rotatable bonds is 5. The third-order valence-electron chi connectivity index (χ3n) is 5.80. The Morgan fingerprint density at radius 1 is 1.23 bits per heavy atom. The van der Waals surface area contributed by atoms with Crippen molar-refractivity contribution >= 4 is 11.7 Å². The number of hydrogen-bond donors (Lipinski definition) is 1. The fourth-order valence-electron chi connectivity index (χ4n) is 4.70. The van der Waals surface area contributed by atoms with Crippen molar-refractivity contribution in [1.82, 2.24) is 34.4 Å². The lowest BCUT2D eigenvalue weighted by molar-refractivity contribution is -0.133. The molecule has 160 valence electrons. The van der Waals surface area contributed by atoms with Crippen molar-refractivity contribution in [3.05, 3.63) is 47.3 Å². The molecule has 0 unspecified atom stereocenters. The largest absolute Gasteiger partial charge is 0.330 e. The molecule has 1 fully saturated rings. The number of amides is 1. The Kier molecular flexibility index (Phi) is 5.13. The van der Waals surface area contributed by atoms with Crippen LogP contribution in [0.4, 0.5) is 0 Å². The first-order valence-corrected chi connectivity index (χ1v) is 10.5. The van der Waals surface area contributed by atoms with E-state index in [0.717, 1.165) is 35.0 Å². The first-order valence-electron chi connectivity index (χ1n) is 10.5. The summed E-state index contributed by atoms with van der Waals surface area (Å²) in [6.45, 7) is 11.8. The molecule has 30 heavy (non-hydrogen) atoms. The summed E-state index contributed by atoms with van der Waals surface area (Å²) in [5, 5.41) is 7.92. The second-order valence-electron chi connectivity index (χ2n) is 9.35. The quantitative estimate of drug-likeness (QED) is 0.701. The molecule has 1 aliphatic rings. The van der Waals surface area contributed by atoms with Gasteiger partial charge < -0.3 is 10.2 Å². The molecule has 1 amide bonds. The molecule has 1 aliphatic heterocycles. The maximum Gasteiger partial charge on any atom is 0.234 e. The van der Waals surface area contributed by atoms with Crippen LogP contribution in [0.1, 0.15) is 55.9 Å². The van der Waals surface area contributed by atoms with Gasteiger partial charge in [-0.15, -0.1) is 0 Å². The summed E-state index contributed by atoms with van der Waals surface area (Å²) in [6.07, 6.45) is 6.33. The summed E-state index contributed by atoms with van der Waals surface area (Å²) in [6, 6.07) is 2.08. The van der Waals surface area contributed by atoms with E-state index in [0.29, 0.717) is 13.0 Å². The van der Waals surface area contributed by atoms with Gasteiger partial charge in [-0.3, -0.25) is 13.9 Å². The number of likely N-dealkylation sites (tertiary alicyclic amines) is 1. The van der Waals surface area contributed by atoms with E-state index in [9.17, 15) is 4.79 Å². The smallest absolute Gasteiger partial charge is 0.234 e. The van der Waals surface area contributed by atoms with Crippen LogP contribution in [-0.2, 0) is 18.4 Å². The zero-order valence-electron chi connectivity index (χ0n) is 18.7. The monoisotopic (exact) mass is 409 g/mol. The molecule has 0 aliphatic carbocycles. The summed E-state index contributed by atoms with van der Waals surface area (Å²) in [4.78, 5) is 23.9. The summed E-state index contributed by atoms with van der Waals surface area (Å²) in [7, 11) is 1.91.